The fraction of sp³-hybridized carbons (Fsp3) is 0.500. The Morgan fingerprint density at radius 3 is 2.83 bits per heavy atom. The molecule has 98 valence electrons. The van der Waals surface area contributed by atoms with E-state index in [2.05, 4.69) is 48.8 Å². The molecule has 3 nitrogen and oxygen atoms in total. The number of hydrogen-bond acceptors (Lipinski definition) is 3. The summed E-state index contributed by atoms with van der Waals surface area (Å²) < 4.78 is 2.17. The van der Waals surface area contributed by atoms with Gasteiger partial charge in [0.25, 0.3) is 0 Å². The van der Waals surface area contributed by atoms with Crippen molar-refractivity contribution in [2.24, 2.45) is 5.73 Å². The van der Waals surface area contributed by atoms with Gasteiger partial charge in [-0.15, -0.1) is 11.3 Å². The maximum Gasteiger partial charge on any atom is 0.113 e. The topological polar surface area (TPSA) is 43.8 Å². The average Bonchev–Trinajstić information content (AvgIpc) is 2.88. The molecule has 0 aliphatic heterocycles. The van der Waals surface area contributed by atoms with Crippen molar-refractivity contribution in [3.8, 4) is 0 Å². The summed E-state index contributed by atoms with van der Waals surface area (Å²) in [6.07, 6.45) is 6.40. The van der Waals surface area contributed by atoms with Crippen LogP contribution in [0.15, 0.2) is 18.5 Å². The molecule has 1 unspecified atom stereocenters. The molecule has 2 aromatic rings. The Bertz CT molecular complexity index is 493. The molecule has 2 heterocycles. The van der Waals surface area contributed by atoms with Crippen molar-refractivity contribution in [1.29, 1.82) is 0 Å². The highest BCUT2D eigenvalue weighted by Crippen LogP contribution is 2.20. The minimum atomic E-state index is 0.163. The zero-order valence-corrected chi connectivity index (χ0v) is 12.1. The third-order valence-corrected chi connectivity index (χ3v) is 4.25. The number of rotatable bonds is 5. The van der Waals surface area contributed by atoms with Gasteiger partial charge >= 0.3 is 0 Å². The summed E-state index contributed by atoms with van der Waals surface area (Å²) in [5.74, 6) is 0. The molecule has 1 atom stereocenters. The van der Waals surface area contributed by atoms with Crippen LogP contribution in [0.3, 0.4) is 0 Å². The van der Waals surface area contributed by atoms with Crippen LogP contribution in [0.5, 0.6) is 0 Å². The Balaban J connectivity index is 2.06. The highest BCUT2D eigenvalue weighted by molar-refractivity contribution is 7.11. The van der Waals surface area contributed by atoms with Crippen LogP contribution in [0.1, 0.15) is 46.9 Å². The molecular weight excluding hydrogens is 242 g/mol. The number of nitrogens with two attached hydrogens (primary N) is 1. The molecule has 0 radical (unpaired) electrons. The first-order chi connectivity index (χ1) is 8.60. The molecule has 0 saturated heterocycles. The van der Waals surface area contributed by atoms with Crippen LogP contribution in [0.25, 0.3) is 0 Å². The second kappa shape index (κ2) is 5.67. The zero-order chi connectivity index (χ0) is 13.1. The highest BCUT2D eigenvalue weighted by atomic mass is 32.1. The Morgan fingerprint density at radius 1 is 1.44 bits per heavy atom. The lowest BCUT2D eigenvalue weighted by atomic mass is 10.1. The quantitative estimate of drug-likeness (QED) is 0.898. The standard InChI is InChI=1S/C14H21N3S/c1-4-5-13(15)12-6-7-17(8-12)9-14-16-10(2)11(3)18-14/h6-8,13H,4-5,9,15H2,1-3H3. The van der Waals surface area contributed by atoms with Gasteiger partial charge < -0.3 is 10.3 Å². The lowest BCUT2D eigenvalue weighted by Crippen LogP contribution is -2.08. The first-order valence-corrected chi connectivity index (χ1v) is 7.26. The minimum absolute atomic E-state index is 0.163. The monoisotopic (exact) mass is 263 g/mol. The molecule has 4 heteroatoms. The molecule has 0 aromatic carbocycles. The van der Waals surface area contributed by atoms with Crippen molar-refractivity contribution in [2.45, 2.75) is 46.2 Å². The van der Waals surface area contributed by atoms with Gasteiger partial charge in [0.2, 0.25) is 0 Å². The Kier molecular flexibility index (Phi) is 4.19. The van der Waals surface area contributed by atoms with Crippen LogP contribution in [-0.2, 0) is 6.54 Å². The van der Waals surface area contributed by atoms with Gasteiger partial charge in [-0.3, -0.25) is 0 Å². The summed E-state index contributed by atoms with van der Waals surface area (Å²) >= 11 is 1.77. The number of thiazole rings is 1. The number of aromatic nitrogens is 2. The molecule has 2 N–H and O–H groups in total. The summed E-state index contributed by atoms with van der Waals surface area (Å²) in [4.78, 5) is 5.87. The van der Waals surface area contributed by atoms with E-state index < -0.39 is 0 Å². The normalized spacial score (nSPS) is 12.9. The second-order valence-electron chi connectivity index (χ2n) is 4.76. The molecule has 2 aromatic heterocycles. The van der Waals surface area contributed by atoms with Gasteiger partial charge in [-0.05, 0) is 31.9 Å². The van der Waals surface area contributed by atoms with Gasteiger partial charge in [0.1, 0.15) is 5.01 Å². The van der Waals surface area contributed by atoms with Crippen LogP contribution < -0.4 is 5.73 Å². The van der Waals surface area contributed by atoms with E-state index in [4.69, 9.17) is 5.73 Å². The van der Waals surface area contributed by atoms with E-state index in [0.29, 0.717) is 0 Å². The molecule has 0 saturated carbocycles. The third-order valence-electron chi connectivity index (χ3n) is 3.19. The van der Waals surface area contributed by atoms with Crippen molar-refractivity contribution in [1.82, 2.24) is 9.55 Å². The van der Waals surface area contributed by atoms with Gasteiger partial charge in [-0.25, -0.2) is 4.98 Å². The number of hydrogen-bond donors (Lipinski definition) is 1. The second-order valence-corrected chi connectivity index (χ2v) is 6.05. The Labute approximate surface area is 113 Å². The summed E-state index contributed by atoms with van der Waals surface area (Å²) in [7, 11) is 0. The Morgan fingerprint density at radius 2 is 2.22 bits per heavy atom. The summed E-state index contributed by atoms with van der Waals surface area (Å²) in [6.45, 7) is 7.19. The van der Waals surface area contributed by atoms with Gasteiger partial charge in [-0.2, -0.15) is 0 Å². The van der Waals surface area contributed by atoms with E-state index in [1.54, 1.807) is 11.3 Å². The predicted octanol–water partition coefficient (Wildman–Crippen LogP) is 3.41. The summed E-state index contributed by atoms with van der Waals surface area (Å²) in [5.41, 5.74) is 8.48. The molecule has 0 spiro atoms. The zero-order valence-electron chi connectivity index (χ0n) is 11.3. The molecule has 0 aliphatic carbocycles. The average molecular weight is 263 g/mol. The van der Waals surface area contributed by atoms with Crippen molar-refractivity contribution in [2.75, 3.05) is 0 Å². The summed E-state index contributed by atoms with van der Waals surface area (Å²) in [6, 6.07) is 2.28. The van der Waals surface area contributed by atoms with Gasteiger partial charge in [0.15, 0.2) is 0 Å². The van der Waals surface area contributed by atoms with E-state index in [9.17, 15) is 0 Å². The highest BCUT2D eigenvalue weighted by Gasteiger charge is 2.08. The van der Waals surface area contributed by atoms with Crippen molar-refractivity contribution < 1.29 is 0 Å². The lowest BCUT2D eigenvalue weighted by Gasteiger charge is -2.07. The van der Waals surface area contributed by atoms with Crippen molar-refractivity contribution in [3.05, 3.63) is 39.6 Å². The van der Waals surface area contributed by atoms with Gasteiger partial charge in [-0.1, -0.05) is 13.3 Å². The SMILES string of the molecule is CCCC(N)c1ccn(Cc2nc(C)c(C)s2)c1. The number of nitrogens with zero attached hydrogens (tertiary/aromatic N) is 2. The number of aryl methyl sites for hydroxylation is 2. The van der Waals surface area contributed by atoms with E-state index >= 15 is 0 Å². The largest absolute Gasteiger partial charge is 0.347 e. The fourth-order valence-corrected chi connectivity index (χ4v) is 2.96. The molecule has 0 fully saturated rings. The molecule has 0 aliphatic rings. The van der Waals surface area contributed by atoms with E-state index in [1.807, 2.05) is 0 Å². The van der Waals surface area contributed by atoms with E-state index in [1.165, 1.54) is 10.4 Å². The van der Waals surface area contributed by atoms with E-state index in [-0.39, 0.29) is 6.04 Å². The first kappa shape index (κ1) is 13.3. The lowest BCUT2D eigenvalue weighted by molar-refractivity contribution is 0.636. The van der Waals surface area contributed by atoms with Crippen LogP contribution >= 0.6 is 11.3 Å². The minimum Gasteiger partial charge on any atom is -0.347 e. The maximum absolute atomic E-state index is 6.11. The summed E-state index contributed by atoms with van der Waals surface area (Å²) in [5, 5.41) is 1.16. The maximum atomic E-state index is 6.11. The van der Waals surface area contributed by atoms with Crippen LogP contribution in [-0.4, -0.2) is 9.55 Å². The molecule has 18 heavy (non-hydrogen) atoms. The van der Waals surface area contributed by atoms with Crippen molar-refractivity contribution in [3.63, 3.8) is 0 Å². The molecular formula is C14H21N3S. The van der Waals surface area contributed by atoms with Crippen LogP contribution in [0.4, 0.5) is 0 Å². The molecule has 0 amide bonds. The van der Waals surface area contributed by atoms with Gasteiger partial charge in [0.05, 0.1) is 12.2 Å². The predicted molar refractivity (Wildman–Crippen MR) is 77.0 cm³/mol. The van der Waals surface area contributed by atoms with Gasteiger partial charge in [0, 0.05) is 23.3 Å². The smallest absolute Gasteiger partial charge is 0.113 e. The molecule has 2 rings (SSSR count). The first-order valence-electron chi connectivity index (χ1n) is 6.44. The van der Waals surface area contributed by atoms with Crippen LogP contribution in [0, 0.1) is 13.8 Å². The van der Waals surface area contributed by atoms with Crippen LogP contribution in [0.2, 0.25) is 0 Å². The Hall–Kier alpha value is -1.13. The molecule has 0 bridgehead atoms. The van der Waals surface area contributed by atoms with E-state index in [0.717, 1.165) is 30.1 Å². The van der Waals surface area contributed by atoms with Crippen molar-refractivity contribution >= 4 is 11.3 Å². The fourth-order valence-electron chi connectivity index (χ4n) is 2.02. The third kappa shape index (κ3) is 3.00.